The van der Waals surface area contributed by atoms with Gasteiger partial charge >= 0.3 is 0 Å². The van der Waals surface area contributed by atoms with Crippen molar-refractivity contribution in [3.8, 4) is 0 Å². The molecule has 1 aromatic carbocycles. The number of alkyl halides is 1. The van der Waals surface area contributed by atoms with Gasteiger partial charge in [0, 0.05) is 11.9 Å². The third-order valence-electron chi connectivity index (χ3n) is 2.89. The first-order valence-electron chi connectivity index (χ1n) is 6.16. The summed E-state index contributed by atoms with van der Waals surface area (Å²) in [6.07, 6.45) is 2.35. The van der Waals surface area contributed by atoms with Crippen molar-refractivity contribution in [1.29, 1.82) is 0 Å². The highest BCUT2D eigenvalue weighted by Crippen LogP contribution is 2.08. The topological polar surface area (TPSA) is 3.24 Å². The van der Waals surface area contributed by atoms with Crippen molar-refractivity contribution in [3.63, 3.8) is 0 Å². The van der Waals surface area contributed by atoms with Crippen LogP contribution in [-0.4, -0.2) is 23.3 Å². The van der Waals surface area contributed by atoms with Crippen molar-refractivity contribution in [1.82, 2.24) is 4.90 Å². The summed E-state index contributed by atoms with van der Waals surface area (Å²) < 4.78 is 0. The Kier molecular flexibility index (Phi) is 6.74. The first-order valence-corrected chi connectivity index (χ1v) is 7.28. The van der Waals surface area contributed by atoms with Gasteiger partial charge in [-0.2, -0.15) is 0 Å². The van der Waals surface area contributed by atoms with Crippen LogP contribution < -0.4 is 0 Å². The largest absolute Gasteiger partial charge is 0.299 e. The van der Waals surface area contributed by atoms with Crippen molar-refractivity contribution in [3.05, 3.63) is 35.4 Å². The summed E-state index contributed by atoms with van der Waals surface area (Å²) in [4.78, 5) is 2.49. The summed E-state index contributed by atoms with van der Waals surface area (Å²) in [6.45, 7) is 7.81. The molecule has 90 valence electrons. The van der Waals surface area contributed by atoms with Crippen molar-refractivity contribution in [2.24, 2.45) is 0 Å². The molecule has 0 saturated heterocycles. The third kappa shape index (κ3) is 4.67. The van der Waals surface area contributed by atoms with E-state index in [1.165, 1.54) is 24.1 Å². The number of aryl methyl sites for hydroxylation is 1. The minimum absolute atomic E-state index is 1.08. The maximum atomic E-state index is 3.48. The lowest BCUT2D eigenvalue weighted by molar-refractivity contribution is 0.282. The molecule has 0 spiro atoms. The van der Waals surface area contributed by atoms with Crippen LogP contribution in [0.25, 0.3) is 0 Å². The van der Waals surface area contributed by atoms with E-state index in [2.05, 4.69) is 58.9 Å². The Balaban J connectivity index is 2.49. The summed E-state index contributed by atoms with van der Waals surface area (Å²) in [6, 6.07) is 9.01. The Bertz CT molecular complexity index is 281. The lowest BCUT2D eigenvalue weighted by atomic mass is 10.1. The standard InChI is InChI=1S/C14H22BrN/c1-3-13-6-8-14(9-7-13)12-16(4-2)11-5-10-15/h6-9H,3-5,10-12H2,1-2H3. The van der Waals surface area contributed by atoms with Crippen molar-refractivity contribution < 1.29 is 0 Å². The maximum absolute atomic E-state index is 3.48. The molecule has 1 rings (SSSR count). The van der Waals surface area contributed by atoms with Crippen LogP contribution in [0.5, 0.6) is 0 Å². The second-order valence-electron chi connectivity index (χ2n) is 4.08. The molecule has 1 aromatic rings. The fourth-order valence-electron chi connectivity index (χ4n) is 1.77. The van der Waals surface area contributed by atoms with Crippen molar-refractivity contribution >= 4 is 15.9 Å². The molecule has 0 aliphatic rings. The van der Waals surface area contributed by atoms with Crippen molar-refractivity contribution in [2.75, 3.05) is 18.4 Å². The number of halogens is 1. The van der Waals surface area contributed by atoms with Crippen LogP contribution in [0.2, 0.25) is 0 Å². The molecule has 0 fully saturated rings. The van der Waals surface area contributed by atoms with E-state index in [0.717, 1.165) is 24.8 Å². The van der Waals surface area contributed by atoms with Crippen molar-refractivity contribution in [2.45, 2.75) is 33.2 Å². The van der Waals surface area contributed by atoms with E-state index in [9.17, 15) is 0 Å². The minimum Gasteiger partial charge on any atom is -0.299 e. The summed E-state index contributed by atoms with van der Waals surface area (Å²) >= 11 is 3.48. The Labute approximate surface area is 108 Å². The quantitative estimate of drug-likeness (QED) is 0.687. The highest BCUT2D eigenvalue weighted by atomic mass is 79.9. The van der Waals surface area contributed by atoms with Gasteiger partial charge in [0.1, 0.15) is 0 Å². The molecule has 1 nitrogen and oxygen atoms in total. The molecule has 0 aromatic heterocycles. The van der Waals surface area contributed by atoms with E-state index in [-0.39, 0.29) is 0 Å². The molecule has 2 heteroatoms. The molecule has 0 bridgehead atoms. The van der Waals surface area contributed by atoms with Crippen LogP contribution >= 0.6 is 15.9 Å². The zero-order valence-electron chi connectivity index (χ0n) is 10.4. The van der Waals surface area contributed by atoms with E-state index < -0.39 is 0 Å². The Hall–Kier alpha value is -0.340. The molecule has 0 heterocycles. The molecule has 0 unspecified atom stereocenters. The first kappa shape index (κ1) is 13.7. The molecule has 0 N–H and O–H groups in total. The lowest BCUT2D eigenvalue weighted by Crippen LogP contribution is -2.24. The SMILES string of the molecule is CCc1ccc(CN(CC)CCCBr)cc1. The number of rotatable bonds is 7. The number of nitrogens with zero attached hydrogens (tertiary/aromatic N) is 1. The second kappa shape index (κ2) is 7.86. The monoisotopic (exact) mass is 283 g/mol. The molecule has 0 saturated carbocycles. The van der Waals surface area contributed by atoms with Gasteiger partial charge in [-0.3, -0.25) is 4.90 Å². The van der Waals surface area contributed by atoms with Gasteiger partial charge in [-0.05, 0) is 37.1 Å². The van der Waals surface area contributed by atoms with Crippen LogP contribution in [0.15, 0.2) is 24.3 Å². The van der Waals surface area contributed by atoms with Gasteiger partial charge in [0.2, 0.25) is 0 Å². The van der Waals surface area contributed by atoms with Gasteiger partial charge in [0.25, 0.3) is 0 Å². The third-order valence-corrected chi connectivity index (χ3v) is 3.45. The Morgan fingerprint density at radius 3 is 2.19 bits per heavy atom. The van der Waals surface area contributed by atoms with Gasteiger partial charge < -0.3 is 0 Å². The van der Waals surface area contributed by atoms with Crippen LogP contribution in [0, 0.1) is 0 Å². The average Bonchev–Trinajstić information content (AvgIpc) is 2.35. The zero-order chi connectivity index (χ0) is 11.8. The smallest absolute Gasteiger partial charge is 0.0233 e. The molecule has 0 atom stereocenters. The van der Waals surface area contributed by atoms with Crippen LogP contribution in [0.4, 0.5) is 0 Å². The minimum atomic E-state index is 1.08. The van der Waals surface area contributed by atoms with E-state index in [4.69, 9.17) is 0 Å². The van der Waals surface area contributed by atoms with E-state index in [1.54, 1.807) is 0 Å². The van der Waals surface area contributed by atoms with Gasteiger partial charge in [0.15, 0.2) is 0 Å². The van der Waals surface area contributed by atoms with E-state index in [0.29, 0.717) is 0 Å². The van der Waals surface area contributed by atoms with Gasteiger partial charge in [-0.15, -0.1) is 0 Å². The fraction of sp³-hybridized carbons (Fsp3) is 0.571. The van der Waals surface area contributed by atoms with Gasteiger partial charge in [-0.1, -0.05) is 54.0 Å². The lowest BCUT2D eigenvalue weighted by Gasteiger charge is -2.20. The second-order valence-corrected chi connectivity index (χ2v) is 4.87. The summed E-state index contributed by atoms with van der Waals surface area (Å²) in [7, 11) is 0. The summed E-state index contributed by atoms with van der Waals surface area (Å²) in [5.74, 6) is 0. The van der Waals surface area contributed by atoms with Crippen LogP contribution in [0.1, 0.15) is 31.4 Å². The first-order chi connectivity index (χ1) is 7.80. The van der Waals surface area contributed by atoms with Crippen LogP contribution in [0.3, 0.4) is 0 Å². The Morgan fingerprint density at radius 2 is 1.69 bits per heavy atom. The van der Waals surface area contributed by atoms with Gasteiger partial charge in [0.05, 0.1) is 0 Å². The van der Waals surface area contributed by atoms with Gasteiger partial charge in [-0.25, -0.2) is 0 Å². The maximum Gasteiger partial charge on any atom is 0.0233 e. The number of hydrogen-bond donors (Lipinski definition) is 0. The average molecular weight is 284 g/mol. The molecular formula is C14H22BrN. The van der Waals surface area contributed by atoms with Crippen LogP contribution in [-0.2, 0) is 13.0 Å². The predicted molar refractivity (Wildman–Crippen MR) is 75.2 cm³/mol. The zero-order valence-corrected chi connectivity index (χ0v) is 12.0. The number of benzene rings is 1. The van der Waals surface area contributed by atoms with E-state index >= 15 is 0 Å². The summed E-state index contributed by atoms with van der Waals surface area (Å²) in [5, 5.41) is 1.10. The number of hydrogen-bond acceptors (Lipinski definition) is 1. The molecule has 16 heavy (non-hydrogen) atoms. The summed E-state index contributed by atoms with van der Waals surface area (Å²) in [5.41, 5.74) is 2.85. The Morgan fingerprint density at radius 1 is 1.06 bits per heavy atom. The van der Waals surface area contributed by atoms with E-state index in [1.807, 2.05) is 0 Å². The fourth-order valence-corrected chi connectivity index (χ4v) is 2.02. The molecule has 0 radical (unpaired) electrons. The molecule has 0 amide bonds. The highest BCUT2D eigenvalue weighted by molar-refractivity contribution is 9.09. The molecule has 0 aliphatic heterocycles. The highest BCUT2D eigenvalue weighted by Gasteiger charge is 2.02. The normalized spacial score (nSPS) is 11.0. The molecule has 0 aliphatic carbocycles. The molecular weight excluding hydrogens is 262 g/mol. The predicted octanol–water partition coefficient (Wildman–Crippen LogP) is 3.86.